The van der Waals surface area contributed by atoms with E-state index in [1.165, 1.54) is 25.3 Å². The molecule has 0 aliphatic heterocycles. The number of rotatable bonds is 5. The molecule has 1 saturated carbocycles. The first-order chi connectivity index (χ1) is 8.24. The van der Waals surface area contributed by atoms with Crippen molar-refractivity contribution in [3.05, 3.63) is 24.0 Å². The lowest BCUT2D eigenvalue weighted by Gasteiger charge is -2.34. The molecule has 3 nitrogen and oxygen atoms in total. The first kappa shape index (κ1) is 12.2. The third-order valence-corrected chi connectivity index (χ3v) is 3.49. The highest BCUT2D eigenvalue weighted by Crippen LogP contribution is 2.32. The summed E-state index contributed by atoms with van der Waals surface area (Å²) in [6.07, 6.45) is 3.62. The normalized spacial score (nSPS) is 17.4. The van der Waals surface area contributed by atoms with Crippen LogP contribution in [-0.2, 0) is 0 Å². The monoisotopic (exact) mass is 238 g/mol. The van der Waals surface area contributed by atoms with Crippen molar-refractivity contribution in [2.45, 2.75) is 25.3 Å². The lowest BCUT2D eigenvalue weighted by atomic mass is 9.79. The second-order valence-electron chi connectivity index (χ2n) is 4.52. The summed E-state index contributed by atoms with van der Waals surface area (Å²) < 4.78 is 18.7. The van der Waals surface area contributed by atoms with E-state index in [9.17, 15) is 4.39 Å². The van der Waals surface area contributed by atoms with Gasteiger partial charge in [0.2, 0.25) is 0 Å². The number of hydrogen-bond acceptors (Lipinski definition) is 3. The standard InChI is InChI=1S/C13H19FN2O/c1-17-10-5-6-11(14)12(7-10)16-13(8-15)9-3-2-4-9/h5-7,9,13,16H,2-4,8,15H2,1H3. The Balaban J connectivity index is 2.09. The Labute approximate surface area is 101 Å². The van der Waals surface area contributed by atoms with E-state index >= 15 is 0 Å². The average Bonchev–Trinajstić information content (AvgIpc) is 2.28. The Morgan fingerprint density at radius 2 is 2.29 bits per heavy atom. The van der Waals surface area contributed by atoms with Crippen LogP contribution in [0.2, 0.25) is 0 Å². The van der Waals surface area contributed by atoms with E-state index in [2.05, 4.69) is 5.32 Å². The molecule has 3 N–H and O–H groups in total. The zero-order valence-electron chi connectivity index (χ0n) is 10.1. The predicted molar refractivity (Wildman–Crippen MR) is 66.8 cm³/mol. The van der Waals surface area contributed by atoms with Gasteiger partial charge in [0, 0.05) is 18.7 Å². The number of nitrogens with one attached hydrogen (secondary N) is 1. The van der Waals surface area contributed by atoms with Crippen LogP contribution in [0.3, 0.4) is 0 Å². The minimum Gasteiger partial charge on any atom is -0.497 e. The molecule has 1 unspecified atom stereocenters. The lowest BCUT2D eigenvalue weighted by molar-refractivity contribution is 0.277. The van der Waals surface area contributed by atoms with Crippen LogP contribution in [0.4, 0.5) is 10.1 Å². The number of hydrogen-bond donors (Lipinski definition) is 2. The zero-order valence-corrected chi connectivity index (χ0v) is 10.1. The smallest absolute Gasteiger partial charge is 0.146 e. The van der Waals surface area contributed by atoms with E-state index in [1.54, 1.807) is 19.2 Å². The molecule has 1 atom stereocenters. The molecule has 1 aromatic carbocycles. The van der Waals surface area contributed by atoms with Gasteiger partial charge >= 0.3 is 0 Å². The Kier molecular flexibility index (Phi) is 3.84. The third kappa shape index (κ3) is 2.69. The summed E-state index contributed by atoms with van der Waals surface area (Å²) >= 11 is 0. The molecule has 94 valence electrons. The molecule has 0 aromatic heterocycles. The summed E-state index contributed by atoms with van der Waals surface area (Å²) in [6.45, 7) is 0.529. The average molecular weight is 238 g/mol. The fourth-order valence-corrected chi connectivity index (χ4v) is 2.15. The summed E-state index contributed by atoms with van der Waals surface area (Å²) in [4.78, 5) is 0. The van der Waals surface area contributed by atoms with Gasteiger partial charge in [0.25, 0.3) is 0 Å². The van der Waals surface area contributed by atoms with Crippen LogP contribution in [0.5, 0.6) is 5.75 Å². The molecule has 2 rings (SSSR count). The van der Waals surface area contributed by atoms with Gasteiger partial charge in [0.1, 0.15) is 11.6 Å². The second-order valence-corrected chi connectivity index (χ2v) is 4.52. The molecular weight excluding hydrogens is 219 g/mol. The Morgan fingerprint density at radius 1 is 1.53 bits per heavy atom. The van der Waals surface area contributed by atoms with Gasteiger partial charge in [-0.25, -0.2) is 4.39 Å². The third-order valence-electron chi connectivity index (χ3n) is 3.49. The molecule has 0 saturated heterocycles. The van der Waals surface area contributed by atoms with Crippen LogP contribution >= 0.6 is 0 Å². The summed E-state index contributed by atoms with van der Waals surface area (Å²) in [5.74, 6) is 0.965. The van der Waals surface area contributed by atoms with E-state index in [4.69, 9.17) is 10.5 Å². The molecule has 0 spiro atoms. The van der Waals surface area contributed by atoms with Crippen LogP contribution in [0.25, 0.3) is 0 Å². The van der Waals surface area contributed by atoms with Crippen molar-refractivity contribution in [2.75, 3.05) is 19.0 Å². The van der Waals surface area contributed by atoms with Crippen LogP contribution in [0, 0.1) is 11.7 Å². The summed E-state index contributed by atoms with van der Waals surface area (Å²) in [6, 6.07) is 4.86. The van der Waals surface area contributed by atoms with Crippen LogP contribution in [-0.4, -0.2) is 19.7 Å². The molecule has 4 heteroatoms. The second kappa shape index (κ2) is 5.36. The number of nitrogens with two attached hydrogens (primary N) is 1. The van der Waals surface area contributed by atoms with Crippen LogP contribution < -0.4 is 15.8 Å². The fraction of sp³-hybridized carbons (Fsp3) is 0.538. The SMILES string of the molecule is COc1ccc(F)c(NC(CN)C2CCC2)c1. The van der Waals surface area contributed by atoms with Gasteiger partial charge in [-0.3, -0.25) is 0 Å². The Morgan fingerprint density at radius 3 is 2.82 bits per heavy atom. The van der Waals surface area contributed by atoms with Crippen molar-refractivity contribution < 1.29 is 9.13 Å². The topological polar surface area (TPSA) is 47.3 Å². The number of halogens is 1. The van der Waals surface area contributed by atoms with Crippen molar-refractivity contribution in [3.8, 4) is 5.75 Å². The van der Waals surface area contributed by atoms with E-state index in [0.29, 0.717) is 23.9 Å². The molecular formula is C13H19FN2O. The van der Waals surface area contributed by atoms with Crippen molar-refractivity contribution in [1.29, 1.82) is 0 Å². The van der Waals surface area contributed by atoms with Gasteiger partial charge in [0.15, 0.2) is 0 Å². The molecule has 0 amide bonds. The predicted octanol–water partition coefficient (Wildman–Crippen LogP) is 2.37. The van der Waals surface area contributed by atoms with Gasteiger partial charge in [-0.2, -0.15) is 0 Å². The van der Waals surface area contributed by atoms with Crippen molar-refractivity contribution in [3.63, 3.8) is 0 Å². The van der Waals surface area contributed by atoms with E-state index in [0.717, 1.165) is 0 Å². The molecule has 1 aromatic rings. The maximum absolute atomic E-state index is 13.6. The summed E-state index contributed by atoms with van der Waals surface area (Å²) in [5.41, 5.74) is 6.21. The first-order valence-electron chi connectivity index (χ1n) is 6.04. The Bertz CT molecular complexity index is 380. The van der Waals surface area contributed by atoms with Gasteiger partial charge in [-0.15, -0.1) is 0 Å². The van der Waals surface area contributed by atoms with Gasteiger partial charge in [0.05, 0.1) is 12.8 Å². The molecule has 0 radical (unpaired) electrons. The maximum atomic E-state index is 13.6. The van der Waals surface area contributed by atoms with Crippen molar-refractivity contribution in [2.24, 2.45) is 11.7 Å². The molecule has 1 aliphatic rings. The van der Waals surface area contributed by atoms with Crippen molar-refractivity contribution in [1.82, 2.24) is 0 Å². The highest BCUT2D eigenvalue weighted by Gasteiger charge is 2.26. The summed E-state index contributed by atoms with van der Waals surface area (Å²) in [7, 11) is 1.57. The highest BCUT2D eigenvalue weighted by atomic mass is 19.1. The number of ether oxygens (including phenoxy) is 1. The largest absolute Gasteiger partial charge is 0.497 e. The van der Waals surface area contributed by atoms with Crippen LogP contribution in [0.15, 0.2) is 18.2 Å². The van der Waals surface area contributed by atoms with E-state index in [1.807, 2.05) is 0 Å². The number of methoxy groups -OCH3 is 1. The molecule has 0 heterocycles. The van der Waals surface area contributed by atoms with E-state index in [-0.39, 0.29) is 11.9 Å². The zero-order chi connectivity index (χ0) is 12.3. The van der Waals surface area contributed by atoms with Gasteiger partial charge in [-0.05, 0) is 30.9 Å². The maximum Gasteiger partial charge on any atom is 0.146 e. The number of benzene rings is 1. The minimum absolute atomic E-state index is 0.158. The lowest BCUT2D eigenvalue weighted by Crippen LogP contribution is -2.39. The summed E-state index contributed by atoms with van der Waals surface area (Å²) in [5, 5.41) is 3.19. The first-order valence-corrected chi connectivity index (χ1v) is 6.04. The molecule has 1 fully saturated rings. The molecule has 17 heavy (non-hydrogen) atoms. The van der Waals surface area contributed by atoms with Gasteiger partial charge in [-0.1, -0.05) is 6.42 Å². The quantitative estimate of drug-likeness (QED) is 0.828. The molecule has 1 aliphatic carbocycles. The van der Waals surface area contributed by atoms with Crippen molar-refractivity contribution >= 4 is 5.69 Å². The Hall–Kier alpha value is -1.29. The minimum atomic E-state index is -0.261. The van der Waals surface area contributed by atoms with Gasteiger partial charge < -0.3 is 15.8 Å². The highest BCUT2D eigenvalue weighted by molar-refractivity contribution is 5.50. The fourth-order valence-electron chi connectivity index (χ4n) is 2.15. The van der Waals surface area contributed by atoms with E-state index < -0.39 is 0 Å². The molecule has 0 bridgehead atoms. The number of anilines is 1. The van der Waals surface area contributed by atoms with Crippen LogP contribution in [0.1, 0.15) is 19.3 Å².